The van der Waals surface area contributed by atoms with Crippen molar-refractivity contribution in [1.29, 1.82) is 0 Å². The summed E-state index contributed by atoms with van der Waals surface area (Å²) in [5.41, 5.74) is 2.26. The third kappa shape index (κ3) is 5.34. The summed E-state index contributed by atoms with van der Waals surface area (Å²) in [5, 5.41) is 15.1. The van der Waals surface area contributed by atoms with E-state index < -0.39 is 23.0 Å². The van der Waals surface area contributed by atoms with Gasteiger partial charge in [-0.25, -0.2) is 9.59 Å². The molecule has 0 radical (unpaired) electrons. The zero-order valence-electron chi connectivity index (χ0n) is 21.0. The number of hydrogen-bond donors (Lipinski definition) is 3. The Morgan fingerprint density at radius 1 is 0.943 bits per heavy atom. The van der Waals surface area contributed by atoms with E-state index >= 15 is 0 Å². The predicted octanol–water partition coefficient (Wildman–Crippen LogP) is 5.09. The van der Waals surface area contributed by atoms with Gasteiger partial charge in [0, 0.05) is 12.5 Å². The maximum Gasteiger partial charge on any atom is 0.407 e. The van der Waals surface area contributed by atoms with Crippen LogP contribution >= 0.6 is 0 Å². The van der Waals surface area contributed by atoms with Gasteiger partial charge in [-0.15, -0.1) is 0 Å². The molecule has 0 fully saturated rings. The van der Waals surface area contributed by atoms with Crippen LogP contribution in [0.3, 0.4) is 0 Å². The molecule has 2 aromatic carbocycles. The maximum atomic E-state index is 13.2. The number of amides is 2. The van der Waals surface area contributed by atoms with E-state index in [1.54, 1.807) is 0 Å². The van der Waals surface area contributed by atoms with Crippen molar-refractivity contribution in [1.82, 2.24) is 10.6 Å². The van der Waals surface area contributed by atoms with E-state index in [9.17, 15) is 19.5 Å². The van der Waals surface area contributed by atoms with E-state index in [1.165, 1.54) is 6.92 Å². The molecule has 0 aliphatic heterocycles. The van der Waals surface area contributed by atoms with E-state index in [0.29, 0.717) is 25.7 Å². The molecule has 0 bridgehead atoms. The molecule has 0 saturated heterocycles. The number of ether oxygens (including phenoxy) is 1. The molecule has 3 rings (SSSR count). The summed E-state index contributed by atoms with van der Waals surface area (Å²) in [6.07, 6.45) is 1.23. The van der Waals surface area contributed by atoms with Gasteiger partial charge in [-0.2, -0.15) is 0 Å². The zero-order valence-corrected chi connectivity index (χ0v) is 21.0. The highest BCUT2D eigenvalue weighted by Gasteiger charge is 2.42. The first-order valence-electron chi connectivity index (χ1n) is 12.4. The van der Waals surface area contributed by atoms with Gasteiger partial charge in [0.15, 0.2) is 0 Å². The molecule has 35 heavy (non-hydrogen) atoms. The van der Waals surface area contributed by atoms with Crippen LogP contribution < -0.4 is 10.6 Å². The number of hydrogen-bond acceptors (Lipinski definition) is 4. The number of carboxylic acid groups (broad SMARTS) is 1. The Morgan fingerprint density at radius 2 is 1.49 bits per heavy atom. The number of alkyl carbamates (subject to hydrolysis) is 1. The Morgan fingerprint density at radius 3 is 1.97 bits per heavy atom. The van der Waals surface area contributed by atoms with Crippen LogP contribution in [-0.4, -0.2) is 41.8 Å². The van der Waals surface area contributed by atoms with Gasteiger partial charge in [-0.1, -0.05) is 75.7 Å². The summed E-state index contributed by atoms with van der Waals surface area (Å²) in [5.74, 6) is -1.50. The molecule has 1 unspecified atom stereocenters. The molecule has 1 aliphatic carbocycles. The standard InChI is InChI=1S/C28H36N2O5/c1-5-16-27(4,25(32)33)30-24(31)28(6-2,7-3)18-29-26(34)35-17-23-21-14-10-8-12-19(21)20-13-9-11-15-22(20)23/h8-15,23H,5-7,16-18H2,1-4H3,(H,29,34)(H,30,31)(H,32,33). The summed E-state index contributed by atoms with van der Waals surface area (Å²) in [7, 11) is 0. The van der Waals surface area contributed by atoms with Crippen molar-refractivity contribution in [2.24, 2.45) is 5.41 Å². The molecule has 7 nitrogen and oxygen atoms in total. The smallest absolute Gasteiger partial charge is 0.407 e. The van der Waals surface area contributed by atoms with E-state index in [0.717, 1.165) is 22.3 Å². The molecule has 1 atom stereocenters. The largest absolute Gasteiger partial charge is 0.480 e. The van der Waals surface area contributed by atoms with E-state index in [1.807, 2.05) is 45.0 Å². The molecule has 2 amide bonds. The lowest BCUT2D eigenvalue weighted by molar-refractivity contribution is -0.149. The maximum absolute atomic E-state index is 13.2. The first kappa shape index (κ1) is 26.3. The van der Waals surface area contributed by atoms with Crippen LogP contribution in [0.4, 0.5) is 4.79 Å². The molecule has 0 heterocycles. The van der Waals surface area contributed by atoms with E-state index in [-0.39, 0.29) is 25.0 Å². The third-order valence-electron chi connectivity index (χ3n) is 7.36. The zero-order chi connectivity index (χ0) is 25.6. The second-order valence-corrected chi connectivity index (χ2v) is 9.51. The summed E-state index contributed by atoms with van der Waals surface area (Å²) >= 11 is 0. The number of carbonyl (C=O) groups excluding carboxylic acids is 2. The fourth-order valence-electron chi connectivity index (χ4n) is 4.90. The van der Waals surface area contributed by atoms with Gasteiger partial charge in [-0.05, 0) is 48.4 Å². The molecule has 1 aliphatic rings. The van der Waals surface area contributed by atoms with Crippen LogP contribution in [0.2, 0.25) is 0 Å². The molecule has 2 aromatic rings. The van der Waals surface area contributed by atoms with Crippen molar-refractivity contribution in [2.75, 3.05) is 13.2 Å². The predicted molar refractivity (Wildman–Crippen MR) is 135 cm³/mol. The topological polar surface area (TPSA) is 105 Å². The Kier molecular flexibility index (Phi) is 8.20. The summed E-state index contributed by atoms with van der Waals surface area (Å²) in [6, 6.07) is 16.2. The minimum atomic E-state index is -1.36. The number of rotatable bonds is 11. The molecule has 3 N–H and O–H groups in total. The molecule has 0 saturated carbocycles. The van der Waals surface area contributed by atoms with Crippen LogP contribution in [0.5, 0.6) is 0 Å². The number of benzene rings is 2. The van der Waals surface area contributed by atoms with Crippen LogP contribution in [0.1, 0.15) is 70.4 Å². The van der Waals surface area contributed by atoms with E-state index in [4.69, 9.17) is 4.74 Å². The fraction of sp³-hybridized carbons (Fsp3) is 0.464. The van der Waals surface area contributed by atoms with Crippen molar-refractivity contribution in [3.8, 4) is 11.1 Å². The average Bonchev–Trinajstić information content (AvgIpc) is 3.17. The summed E-state index contributed by atoms with van der Waals surface area (Å²) in [4.78, 5) is 37.7. The van der Waals surface area contributed by atoms with Crippen LogP contribution in [0.25, 0.3) is 11.1 Å². The molecule has 0 spiro atoms. The van der Waals surface area contributed by atoms with Crippen molar-refractivity contribution < 1.29 is 24.2 Å². The summed E-state index contributed by atoms with van der Waals surface area (Å²) < 4.78 is 5.61. The second kappa shape index (κ2) is 10.9. The third-order valence-corrected chi connectivity index (χ3v) is 7.36. The molecule has 188 valence electrons. The van der Waals surface area contributed by atoms with Gasteiger partial charge in [0.1, 0.15) is 12.1 Å². The molecular formula is C28H36N2O5. The highest BCUT2D eigenvalue weighted by Crippen LogP contribution is 2.44. The minimum absolute atomic E-state index is 0.0520. The van der Waals surface area contributed by atoms with Crippen molar-refractivity contribution >= 4 is 18.0 Å². The minimum Gasteiger partial charge on any atom is -0.480 e. The molecule has 0 aromatic heterocycles. The number of nitrogens with one attached hydrogen (secondary N) is 2. The van der Waals surface area contributed by atoms with Crippen molar-refractivity contribution in [3.63, 3.8) is 0 Å². The van der Waals surface area contributed by atoms with Crippen molar-refractivity contribution in [2.45, 2.75) is 64.8 Å². The van der Waals surface area contributed by atoms with Crippen LogP contribution in [0, 0.1) is 5.41 Å². The van der Waals surface area contributed by atoms with Gasteiger partial charge < -0.3 is 20.5 Å². The van der Waals surface area contributed by atoms with Gasteiger partial charge in [-0.3, -0.25) is 4.79 Å². The number of aliphatic carboxylic acids is 1. The van der Waals surface area contributed by atoms with Crippen LogP contribution in [0.15, 0.2) is 48.5 Å². The van der Waals surface area contributed by atoms with Gasteiger partial charge in [0.2, 0.25) is 5.91 Å². The van der Waals surface area contributed by atoms with Crippen molar-refractivity contribution in [3.05, 3.63) is 59.7 Å². The summed E-state index contributed by atoms with van der Waals surface area (Å²) in [6.45, 7) is 7.36. The van der Waals surface area contributed by atoms with Gasteiger partial charge in [0.25, 0.3) is 0 Å². The molecule has 7 heteroatoms. The lowest BCUT2D eigenvalue weighted by Crippen LogP contribution is -2.58. The first-order chi connectivity index (χ1) is 16.7. The van der Waals surface area contributed by atoms with Crippen LogP contribution in [-0.2, 0) is 14.3 Å². The number of carbonyl (C=O) groups is 3. The number of fused-ring (bicyclic) bond motifs is 3. The Balaban J connectivity index is 1.65. The lowest BCUT2D eigenvalue weighted by Gasteiger charge is -2.35. The number of carboxylic acids is 1. The average molecular weight is 481 g/mol. The highest BCUT2D eigenvalue weighted by molar-refractivity contribution is 5.90. The quantitative estimate of drug-likeness (QED) is 0.415. The second-order valence-electron chi connectivity index (χ2n) is 9.51. The van der Waals surface area contributed by atoms with Gasteiger partial charge >= 0.3 is 12.1 Å². The monoisotopic (exact) mass is 480 g/mol. The Labute approximate surface area is 207 Å². The Bertz CT molecular complexity index is 1030. The fourth-order valence-corrected chi connectivity index (χ4v) is 4.90. The Hall–Kier alpha value is -3.35. The SMILES string of the molecule is CCCC(C)(NC(=O)C(CC)(CC)CNC(=O)OCC1c2ccccc2-c2ccccc21)C(=O)O. The van der Waals surface area contributed by atoms with Gasteiger partial charge in [0.05, 0.1) is 5.41 Å². The van der Waals surface area contributed by atoms with E-state index in [2.05, 4.69) is 34.9 Å². The highest BCUT2D eigenvalue weighted by atomic mass is 16.5. The molecular weight excluding hydrogens is 444 g/mol. The first-order valence-corrected chi connectivity index (χ1v) is 12.4. The lowest BCUT2D eigenvalue weighted by atomic mass is 9.80. The normalized spacial score (nSPS) is 14.4.